The lowest BCUT2D eigenvalue weighted by atomic mass is 9.78. The molecular weight excluding hydrogens is 648 g/mol. The van der Waals surface area contributed by atoms with E-state index in [1.165, 1.54) is 49.8 Å². The molecule has 0 aromatic heterocycles. The Bertz CT molecular complexity index is 1950. The summed E-state index contributed by atoms with van der Waals surface area (Å²) < 4.78 is 58.3. The molecule has 0 bridgehead atoms. The van der Waals surface area contributed by atoms with Crippen LogP contribution in [0, 0.1) is 0 Å². The highest BCUT2D eigenvalue weighted by atomic mass is 16.5. The van der Waals surface area contributed by atoms with Crippen molar-refractivity contribution in [2.75, 3.05) is 56.9 Å². The summed E-state index contributed by atoms with van der Waals surface area (Å²) in [6.45, 7) is 0. The molecule has 0 amide bonds. The minimum absolute atomic E-state index is 0.00468. The first-order valence-electron chi connectivity index (χ1n) is 15.6. The highest BCUT2D eigenvalue weighted by Gasteiger charge is 2.47. The summed E-state index contributed by atoms with van der Waals surface area (Å²) in [5, 5.41) is 0. The summed E-state index contributed by atoms with van der Waals surface area (Å²) in [5.41, 5.74) is 1.93. The number of carbonyl (C=O) groups excluding carboxylic acids is 2. The van der Waals surface area contributed by atoms with Gasteiger partial charge in [-0.3, -0.25) is 9.59 Å². The van der Waals surface area contributed by atoms with Crippen molar-refractivity contribution in [1.29, 1.82) is 0 Å². The summed E-state index contributed by atoms with van der Waals surface area (Å²) in [7, 11) is 12.0. The zero-order valence-corrected chi connectivity index (χ0v) is 29.0. The molecule has 0 aliphatic carbocycles. The van der Waals surface area contributed by atoms with Crippen LogP contribution in [0.2, 0.25) is 0 Å². The zero-order valence-electron chi connectivity index (χ0n) is 29.0. The van der Waals surface area contributed by atoms with E-state index in [-0.39, 0.29) is 57.9 Å². The fourth-order valence-electron chi connectivity index (χ4n) is 6.58. The molecule has 0 unspecified atom stereocenters. The number of benzene rings is 4. The van der Waals surface area contributed by atoms with Gasteiger partial charge in [-0.05, 0) is 35.4 Å². The maximum atomic E-state index is 15.0. The summed E-state index contributed by atoms with van der Waals surface area (Å²) in [4.78, 5) is 29.1. The maximum absolute atomic E-state index is 15.0. The Hall–Kier alpha value is -5.78. The number of hydrogen-bond acceptors (Lipinski definition) is 12. The average molecular weight is 687 g/mol. The molecule has 4 aromatic rings. The van der Waals surface area contributed by atoms with Crippen LogP contribution >= 0.6 is 0 Å². The van der Waals surface area contributed by atoms with E-state index in [1.807, 2.05) is 0 Å². The smallest absolute Gasteiger partial charge is 0.182 e. The van der Waals surface area contributed by atoms with Crippen LogP contribution in [0.1, 0.15) is 62.0 Å². The van der Waals surface area contributed by atoms with Crippen LogP contribution in [-0.2, 0) is 0 Å². The predicted molar refractivity (Wildman–Crippen MR) is 181 cm³/mol. The molecule has 0 radical (unpaired) electrons. The van der Waals surface area contributed by atoms with Gasteiger partial charge in [-0.25, -0.2) is 0 Å². The Labute approximate surface area is 289 Å². The van der Waals surface area contributed by atoms with Crippen molar-refractivity contribution in [1.82, 2.24) is 0 Å². The molecule has 12 heteroatoms. The van der Waals surface area contributed by atoms with Crippen LogP contribution < -0.4 is 47.4 Å². The number of rotatable bonds is 11. The number of ketones is 2. The second-order valence-electron chi connectivity index (χ2n) is 11.4. The standard InChI is InChI=1S/C38H38O12/c1-41-21-15-28(46-6)33-31(16-21)50-37(20-10-12-24(43-3)27(14-20)45-5)35(36(33)40)34-30(48-8)18-29(47-7)32-22(39)17-25(49-38(32)34)19-9-11-23(42-2)26(13-19)44-4/h9-16,18,25,35,37H,17H2,1-8H3/t25-,35-,37+/m0/s1. The van der Waals surface area contributed by atoms with Gasteiger partial charge in [0.1, 0.15) is 57.8 Å². The second kappa shape index (κ2) is 14.0. The van der Waals surface area contributed by atoms with E-state index in [4.69, 9.17) is 47.4 Å². The number of hydrogen-bond donors (Lipinski definition) is 0. The van der Waals surface area contributed by atoms with E-state index in [2.05, 4.69) is 0 Å². The first kappa shape index (κ1) is 34.1. The lowest BCUT2D eigenvalue weighted by Crippen LogP contribution is -2.32. The van der Waals surface area contributed by atoms with Crippen molar-refractivity contribution >= 4 is 11.6 Å². The summed E-state index contributed by atoms with van der Waals surface area (Å²) in [5.74, 6) is 1.76. The Morgan fingerprint density at radius 3 is 1.68 bits per heavy atom. The van der Waals surface area contributed by atoms with Crippen molar-refractivity contribution < 1.29 is 57.0 Å². The number of Topliss-reactive ketones (excluding diaryl/α,β-unsaturated/α-hetero) is 2. The maximum Gasteiger partial charge on any atom is 0.182 e. The van der Waals surface area contributed by atoms with Crippen LogP contribution in [0.3, 0.4) is 0 Å². The fraction of sp³-hybridized carbons (Fsp3) is 0.316. The van der Waals surface area contributed by atoms with Gasteiger partial charge in [-0.15, -0.1) is 0 Å². The molecule has 3 atom stereocenters. The minimum Gasteiger partial charge on any atom is -0.496 e. The van der Waals surface area contributed by atoms with E-state index in [0.717, 1.165) is 0 Å². The summed E-state index contributed by atoms with van der Waals surface area (Å²) in [6, 6.07) is 15.4. The zero-order chi connectivity index (χ0) is 35.7. The third-order valence-corrected chi connectivity index (χ3v) is 9.00. The number of fused-ring (bicyclic) bond motifs is 2. The van der Waals surface area contributed by atoms with Gasteiger partial charge in [0.25, 0.3) is 0 Å². The van der Waals surface area contributed by atoms with Crippen LogP contribution in [0.4, 0.5) is 0 Å². The lowest BCUT2D eigenvalue weighted by molar-refractivity contribution is 0.0738. The molecule has 0 spiro atoms. The predicted octanol–water partition coefficient (Wildman–Crippen LogP) is 6.56. The Morgan fingerprint density at radius 2 is 1.10 bits per heavy atom. The van der Waals surface area contributed by atoms with Crippen molar-refractivity contribution in [3.05, 3.63) is 82.4 Å². The van der Waals surface area contributed by atoms with Gasteiger partial charge in [0.05, 0.1) is 74.8 Å². The Kier molecular flexibility index (Phi) is 9.54. The molecule has 262 valence electrons. The third kappa shape index (κ3) is 5.70. The van der Waals surface area contributed by atoms with Crippen LogP contribution in [0.5, 0.6) is 57.5 Å². The topological polar surface area (TPSA) is 126 Å². The molecule has 2 aliphatic heterocycles. The van der Waals surface area contributed by atoms with E-state index in [9.17, 15) is 4.79 Å². The van der Waals surface area contributed by atoms with Crippen molar-refractivity contribution in [3.63, 3.8) is 0 Å². The monoisotopic (exact) mass is 686 g/mol. The normalized spacial score (nSPS) is 17.7. The first-order chi connectivity index (χ1) is 24.2. The average Bonchev–Trinajstić information content (AvgIpc) is 3.15. The van der Waals surface area contributed by atoms with Crippen molar-refractivity contribution in [2.45, 2.75) is 24.5 Å². The molecule has 0 N–H and O–H groups in total. The molecule has 2 aliphatic rings. The van der Waals surface area contributed by atoms with Gasteiger partial charge < -0.3 is 47.4 Å². The summed E-state index contributed by atoms with van der Waals surface area (Å²) >= 11 is 0. The van der Waals surface area contributed by atoms with Gasteiger partial charge in [0.2, 0.25) is 0 Å². The van der Waals surface area contributed by atoms with E-state index >= 15 is 4.79 Å². The van der Waals surface area contributed by atoms with E-state index in [1.54, 1.807) is 61.7 Å². The summed E-state index contributed by atoms with van der Waals surface area (Å²) in [6.07, 6.45) is -1.73. The molecule has 0 saturated heterocycles. The second-order valence-corrected chi connectivity index (χ2v) is 11.4. The lowest BCUT2D eigenvalue weighted by Gasteiger charge is -2.37. The fourth-order valence-corrected chi connectivity index (χ4v) is 6.58. The molecule has 0 saturated carbocycles. The molecule has 0 fully saturated rings. The van der Waals surface area contributed by atoms with Crippen molar-refractivity contribution in [2.24, 2.45) is 0 Å². The molecular formula is C38H38O12. The van der Waals surface area contributed by atoms with Crippen LogP contribution in [0.15, 0.2) is 54.6 Å². The molecule has 12 nitrogen and oxygen atoms in total. The Balaban J connectivity index is 1.62. The van der Waals surface area contributed by atoms with Crippen molar-refractivity contribution in [3.8, 4) is 57.5 Å². The van der Waals surface area contributed by atoms with Gasteiger partial charge in [-0.1, -0.05) is 12.1 Å². The third-order valence-electron chi connectivity index (χ3n) is 9.00. The van der Waals surface area contributed by atoms with Crippen LogP contribution in [-0.4, -0.2) is 68.4 Å². The molecule has 6 rings (SSSR count). The van der Waals surface area contributed by atoms with Crippen LogP contribution in [0.25, 0.3) is 0 Å². The number of ether oxygens (including phenoxy) is 10. The van der Waals surface area contributed by atoms with E-state index < -0.39 is 18.1 Å². The number of methoxy groups -OCH3 is 8. The van der Waals surface area contributed by atoms with E-state index in [0.29, 0.717) is 45.4 Å². The number of carbonyl (C=O) groups is 2. The molecule has 50 heavy (non-hydrogen) atoms. The first-order valence-corrected chi connectivity index (χ1v) is 15.6. The Morgan fingerprint density at radius 1 is 0.540 bits per heavy atom. The van der Waals surface area contributed by atoms with Gasteiger partial charge in [0.15, 0.2) is 34.6 Å². The SMILES string of the molecule is COc1cc(OC)c2c(c1)O[C@H](c1ccc(OC)c(OC)c1)[C@@H](c1c(OC)cc(OC)c3c1O[C@H](c1ccc(OC)c(OC)c1)CC3=O)C2=O. The quantitative estimate of drug-likeness (QED) is 0.170. The largest absolute Gasteiger partial charge is 0.496 e. The van der Waals surface area contributed by atoms with Gasteiger partial charge >= 0.3 is 0 Å². The highest BCUT2D eigenvalue weighted by molar-refractivity contribution is 6.09. The minimum atomic E-state index is -1.12. The molecule has 4 aromatic carbocycles. The molecule has 2 heterocycles. The highest BCUT2D eigenvalue weighted by Crippen LogP contribution is 2.56. The van der Waals surface area contributed by atoms with Gasteiger partial charge in [0, 0.05) is 18.2 Å². The van der Waals surface area contributed by atoms with Gasteiger partial charge in [-0.2, -0.15) is 0 Å².